The van der Waals surface area contributed by atoms with Gasteiger partial charge in [0.15, 0.2) is 0 Å². The minimum Gasteiger partial charge on any atom is -0.473 e. The van der Waals surface area contributed by atoms with Gasteiger partial charge in [-0.3, -0.25) is 14.9 Å². The molecule has 1 aliphatic carbocycles. The van der Waals surface area contributed by atoms with E-state index >= 15 is 0 Å². The number of ether oxygens (including phenoxy) is 1. The molecule has 0 N–H and O–H groups in total. The SMILES string of the molecule is C#CCOc1c(C=Nn2c(C3CCCCC3)nc3ccc(Br)cc3c2=O)cc(Cl)cc1[N+](=O)[O-]. The van der Waals surface area contributed by atoms with E-state index in [0.717, 1.165) is 36.6 Å². The van der Waals surface area contributed by atoms with Crippen LogP contribution < -0.4 is 10.3 Å². The van der Waals surface area contributed by atoms with E-state index in [9.17, 15) is 14.9 Å². The first kappa shape index (κ1) is 23.9. The van der Waals surface area contributed by atoms with Crippen LogP contribution in [0.15, 0.2) is 44.7 Å². The summed E-state index contributed by atoms with van der Waals surface area (Å²) in [5, 5.41) is 16.5. The second-order valence-electron chi connectivity index (χ2n) is 7.92. The molecule has 0 bridgehead atoms. The van der Waals surface area contributed by atoms with Gasteiger partial charge in [-0.25, -0.2) is 4.98 Å². The summed E-state index contributed by atoms with van der Waals surface area (Å²) in [6.45, 7) is -0.178. The molecule has 1 aromatic heterocycles. The molecule has 0 saturated heterocycles. The molecule has 2 aromatic carbocycles. The number of terminal acetylenes is 1. The third-order valence-corrected chi connectivity index (χ3v) is 6.39. The Bertz CT molecular complexity index is 1390. The molecule has 0 aliphatic heterocycles. The van der Waals surface area contributed by atoms with Crippen molar-refractivity contribution in [1.29, 1.82) is 0 Å². The number of hydrogen-bond donors (Lipinski definition) is 0. The summed E-state index contributed by atoms with van der Waals surface area (Å²) < 4.78 is 7.47. The summed E-state index contributed by atoms with van der Waals surface area (Å²) in [5.74, 6) is 2.87. The highest BCUT2D eigenvalue weighted by atomic mass is 79.9. The van der Waals surface area contributed by atoms with Crippen molar-refractivity contribution in [3.05, 3.63) is 71.7 Å². The lowest BCUT2D eigenvalue weighted by Gasteiger charge is -2.22. The molecule has 4 rings (SSSR count). The fraction of sp³-hybridized carbons (Fsp3) is 0.292. The molecule has 1 saturated carbocycles. The van der Waals surface area contributed by atoms with Crippen molar-refractivity contribution in [2.24, 2.45) is 5.10 Å². The zero-order chi connectivity index (χ0) is 24.2. The Morgan fingerprint density at radius 3 is 2.79 bits per heavy atom. The molecule has 174 valence electrons. The Balaban J connectivity index is 1.89. The molecule has 34 heavy (non-hydrogen) atoms. The predicted molar refractivity (Wildman–Crippen MR) is 135 cm³/mol. The van der Waals surface area contributed by atoms with Crippen LogP contribution in [-0.4, -0.2) is 27.4 Å². The lowest BCUT2D eigenvalue weighted by molar-refractivity contribution is -0.385. The maximum Gasteiger partial charge on any atom is 0.313 e. The standard InChI is InChI=1S/C24H20BrClN4O4/c1-2-10-34-22-16(11-18(26)13-21(22)30(32)33)14-27-29-23(15-6-4-3-5-7-15)28-20-9-8-17(25)12-19(20)24(29)31/h1,8-9,11-15H,3-7,10H2. The third-order valence-electron chi connectivity index (χ3n) is 5.68. The summed E-state index contributed by atoms with van der Waals surface area (Å²) in [6.07, 6.45) is 11.7. The molecule has 1 aliphatic rings. The van der Waals surface area contributed by atoms with E-state index in [4.69, 9.17) is 27.7 Å². The molecule has 0 radical (unpaired) electrons. The molecule has 8 nitrogen and oxygen atoms in total. The second-order valence-corrected chi connectivity index (χ2v) is 9.27. The van der Waals surface area contributed by atoms with E-state index < -0.39 is 4.92 Å². The smallest absolute Gasteiger partial charge is 0.313 e. The summed E-state index contributed by atoms with van der Waals surface area (Å²) in [4.78, 5) is 29.2. The van der Waals surface area contributed by atoms with Gasteiger partial charge in [-0.2, -0.15) is 9.78 Å². The number of hydrogen-bond acceptors (Lipinski definition) is 6. The van der Waals surface area contributed by atoms with E-state index in [0.29, 0.717) is 16.7 Å². The highest BCUT2D eigenvalue weighted by Crippen LogP contribution is 2.34. The van der Waals surface area contributed by atoms with Crippen LogP contribution in [0.25, 0.3) is 10.9 Å². The van der Waals surface area contributed by atoms with Gasteiger partial charge in [0.25, 0.3) is 5.56 Å². The van der Waals surface area contributed by atoms with Gasteiger partial charge in [-0.15, -0.1) is 6.42 Å². The van der Waals surface area contributed by atoms with Crippen LogP contribution in [0.4, 0.5) is 5.69 Å². The van der Waals surface area contributed by atoms with Crippen molar-refractivity contribution in [2.45, 2.75) is 38.0 Å². The van der Waals surface area contributed by atoms with Gasteiger partial charge in [-0.1, -0.05) is 52.7 Å². The lowest BCUT2D eigenvalue weighted by Crippen LogP contribution is -2.25. The van der Waals surface area contributed by atoms with Crippen LogP contribution >= 0.6 is 27.5 Å². The lowest BCUT2D eigenvalue weighted by atomic mass is 9.88. The van der Waals surface area contributed by atoms with Crippen molar-refractivity contribution in [1.82, 2.24) is 9.66 Å². The van der Waals surface area contributed by atoms with Crippen LogP contribution in [0.1, 0.15) is 49.4 Å². The topological polar surface area (TPSA) is 99.6 Å². The summed E-state index contributed by atoms with van der Waals surface area (Å²) >= 11 is 9.51. The molecule has 0 amide bonds. The Labute approximate surface area is 208 Å². The van der Waals surface area contributed by atoms with Crippen LogP contribution in [0, 0.1) is 22.5 Å². The number of nitro benzene ring substituents is 1. The highest BCUT2D eigenvalue weighted by molar-refractivity contribution is 9.10. The molecule has 0 unspecified atom stereocenters. The van der Waals surface area contributed by atoms with Crippen LogP contribution in [0.5, 0.6) is 5.75 Å². The predicted octanol–water partition coefficient (Wildman–Crippen LogP) is 5.66. The molecular formula is C24H20BrClN4O4. The molecule has 1 heterocycles. The van der Waals surface area contributed by atoms with E-state index in [1.807, 2.05) is 6.07 Å². The zero-order valence-corrected chi connectivity index (χ0v) is 20.4. The molecule has 0 spiro atoms. The molecule has 0 atom stereocenters. The fourth-order valence-electron chi connectivity index (χ4n) is 4.12. The average Bonchev–Trinajstić information content (AvgIpc) is 2.83. The monoisotopic (exact) mass is 542 g/mol. The molecule has 3 aromatic rings. The summed E-state index contributed by atoms with van der Waals surface area (Å²) in [5.41, 5.74) is 0.150. The molecular weight excluding hydrogens is 524 g/mol. The number of rotatable bonds is 6. The zero-order valence-electron chi connectivity index (χ0n) is 18.0. The molecule has 10 heteroatoms. The first-order valence-electron chi connectivity index (χ1n) is 10.7. The first-order valence-corrected chi connectivity index (χ1v) is 11.9. The van der Waals surface area contributed by atoms with Gasteiger partial charge in [0.2, 0.25) is 5.75 Å². The third kappa shape index (κ3) is 4.98. The number of fused-ring (bicyclic) bond motifs is 1. The maximum absolute atomic E-state index is 13.5. The van der Waals surface area contributed by atoms with E-state index in [1.54, 1.807) is 12.1 Å². The van der Waals surface area contributed by atoms with Crippen LogP contribution in [-0.2, 0) is 0 Å². The Morgan fingerprint density at radius 2 is 2.09 bits per heavy atom. The van der Waals surface area contributed by atoms with E-state index in [2.05, 4.69) is 27.0 Å². The highest BCUT2D eigenvalue weighted by Gasteiger charge is 2.24. The Kier molecular flexibility index (Phi) is 7.29. The molecule has 1 fully saturated rings. The van der Waals surface area contributed by atoms with Crippen LogP contribution in [0.2, 0.25) is 5.02 Å². The summed E-state index contributed by atoms with van der Waals surface area (Å²) in [7, 11) is 0. The van der Waals surface area contributed by atoms with Crippen molar-refractivity contribution >= 4 is 50.3 Å². The quantitative estimate of drug-likeness (QED) is 0.173. The fourth-order valence-corrected chi connectivity index (χ4v) is 4.71. The van der Waals surface area contributed by atoms with E-state index in [-0.39, 0.29) is 40.1 Å². The minimum atomic E-state index is -0.607. The second kappa shape index (κ2) is 10.4. The van der Waals surface area contributed by atoms with Crippen molar-refractivity contribution in [3.8, 4) is 18.1 Å². The van der Waals surface area contributed by atoms with Gasteiger partial charge in [0, 0.05) is 27.0 Å². The van der Waals surface area contributed by atoms with Crippen LogP contribution in [0.3, 0.4) is 0 Å². The van der Waals surface area contributed by atoms with Crippen molar-refractivity contribution < 1.29 is 9.66 Å². The van der Waals surface area contributed by atoms with Crippen molar-refractivity contribution in [3.63, 3.8) is 0 Å². The Morgan fingerprint density at radius 1 is 1.32 bits per heavy atom. The number of aromatic nitrogens is 2. The maximum atomic E-state index is 13.5. The van der Waals surface area contributed by atoms with Gasteiger partial charge >= 0.3 is 5.69 Å². The van der Waals surface area contributed by atoms with E-state index in [1.165, 1.54) is 23.0 Å². The van der Waals surface area contributed by atoms with Crippen molar-refractivity contribution in [2.75, 3.05) is 6.61 Å². The van der Waals surface area contributed by atoms with Gasteiger partial charge < -0.3 is 4.74 Å². The largest absolute Gasteiger partial charge is 0.473 e. The summed E-state index contributed by atoms with van der Waals surface area (Å²) in [6, 6.07) is 7.99. The Hall–Kier alpha value is -3.22. The first-order chi connectivity index (χ1) is 16.4. The minimum absolute atomic E-state index is 0.0696. The average molecular weight is 544 g/mol. The van der Waals surface area contributed by atoms with Gasteiger partial charge in [0.05, 0.1) is 22.0 Å². The normalized spacial score (nSPS) is 14.4. The van der Waals surface area contributed by atoms with Gasteiger partial charge in [-0.05, 0) is 37.1 Å². The number of nitrogens with zero attached hydrogens (tertiary/aromatic N) is 4. The number of nitro groups is 1. The van der Waals surface area contributed by atoms with Gasteiger partial charge in [0.1, 0.15) is 12.4 Å². The number of benzene rings is 2. The number of halogens is 2.